The molecular formula is C14H17NO4. The first-order valence-electron chi connectivity index (χ1n) is 6.25. The average molecular weight is 263 g/mol. The maximum atomic E-state index is 12.3. The molecule has 0 radical (unpaired) electrons. The molecule has 1 aromatic carbocycles. The summed E-state index contributed by atoms with van der Waals surface area (Å²) in [6.07, 6.45) is 1.22. The van der Waals surface area contributed by atoms with Gasteiger partial charge in [-0.3, -0.25) is 9.59 Å². The topological polar surface area (TPSA) is 77.8 Å². The van der Waals surface area contributed by atoms with Crippen molar-refractivity contribution >= 4 is 11.9 Å². The molecule has 0 aliphatic carbocycles. The van der Waals surface area contributed by atoms with E-state index < -0.39 is 11.4 Å². The van der Waals surface area contributed by atoms with E-state index in [1.807, 2.05) is 0 Å². The number of para-hydroxylation sites is 1. The maximum Gasteiger partial charge on any atom is 0.311 e. The van der Waals surface area contributed by atoms with Gasteiger partial charge in [0.25, 0.3) is 5.91 Å². The van der Waals surface area contributed by atoms with E-state index in [1.54, 1.807) is 25.1 Å². The number of carbonyl (C=O) groups excluding carboxylic acids is 1. The molecule has 5 heteroatoms. The summed E-state index contributed by atoms with van der Waals surface area (Å²) in [5.41, 5.74) is -0.685. The molecule has 2 N–H and O–H groups in total. The van der Waals surface area contributed by atoms with Crippen molar-refractivity contribution in [3.63, 3.8) is 0 Å². The normalized spacial score (nSPS) is 23.1. The summed E-state index contributed by atoms with van der Waals surface area (Å²) in [6, 6.07) is 6.31. The van der Waals surface area contributed by atoms with Gasteiger partial charge in [0.1, 0.15) is 5.75 Å². The Balaban J connectivity index is 2.21. The molecular weight excluding hydrogens is 246 g/mol. The highest BCUT2D eigenvalue weighted by Crippen LogP contribution is 2.31. The number of likely N-dealkylation sites (tertiary alicyclic amines) is 1. The van der Waals surface area contributed by atoms with Crippen molar-refractivity contribution in [2.24, 2.45) is 5.41 Å². The number of carbonyl (C=O) groups is 2. The predicted molar refractivity (Wildman–Crippen MR) is 69.0 cm³/mol. The standard InChI is InChI=1S/C14H17NO4/c1-14(13(18)19)7-4-8-15(9-14)12(17)10-5-2-3-6-11(10)16/h2-3,5-6,16H,4,7-9H2,1H3,(H,18,19). The van der Waals surface area contributed by atoms with E-state index in [9.17, 15) is 19.8 Å². The number of aromatic hydroxyl groups is 1. The second-order valence-corrected chi connectivity index (χ2v) is 5.21. The first-order valence-corrected chi connectivity index (χ1v) is 6.25. The van der Waals surface area contributed by atoms with Gasteiger partial charge in [0.05, 0.1) is 11.0 Å². The summed E-state index contributed by atoms with van der Waals surface area (Å²) in [5.74, 6) is -1.28. The molecule has 5 nitrogen and oxygen atoms in total. The molecule has 1 heterocycles. The number of nitrogens with zero attached hydrogens (tertiary/aromatic N) is 1. The Labute approximate surface area is 111 Å². The average Bonchev–Trinajstić information content (AvgIpc) is 2.38. The first kappa shape index (κ1) is 13.4. The zero-order valence-corrected chi connectivity index (χ0v) is 10.8. The van der Waals surface area contributed by atoms with Gasteiger partial charge in [-0.05, 0) is 31.9 Å². The van der Waals surface area contributed by atoms with E-state index in [0.717, 1.165) is 0 Å². The highest BCUT2D eigenvalue weighted by atomic mass is 16.4. The third kappa shape index (κ3) is 2.54. The van der Waals surface area contributed by atoms with E-state index in [-0.39, 0.29) is 23.8 Å². The summed E-state index contributed by atoms with van der Waals surface area (Å²) in [4.78, 5) is 25.1. The van der Waals surface area contributed by atoms with Crippen molar-refractivity contribution in [2.75, 3.05) is 13.1 Å². The summed E-state index contributed by atoms with van der Waals surface area (Å²) in [5, 5.41) is 18.9. The molecule has 1 aliphatic heterocycles. The molecule has 1 atom stereocenters. The Morgan fingerprint density at radius 1 is 1.32 bits per heavy atom. The van der Waals surface area contributed by atoms with Gasteiger partial charge in [0.15, 0.2) is 0 Å². The number of carboxylic acids is 1. The molecule has 102 valence electrons. The minimum atomic E-state index is -0.904. The van der Waals surface area contributed by atoms with Gasteiger partial charge in [0, 0.05) is 13.1 Å². The van der Waals surface area contributed by atoms with Gasteiger partial charge in [-0.2, -0.15) is 0 Å². The van der Waals surface area contributed by atoms with Gasteiger partial charge in [-0.1, -0.05) is 12.1 Å². The van der Waals surface area contributed by atoms with Crippen LogP contribution in [0, 0.1) is 5.41 Å². The van der Waals surface area contributed by atoms with Crippen LogP contribution in [0.2, 0.25) is 0 Å². The lowest BCUT2D eigenvalue weighted by Gasteiger charge is -2.37. The summed E-state index contributed by atoms with van der Waals surface area (Å²) in [6.45, 7) is 2.35. The molecule has 1 saturated heterocycles. The maximum absolute atomic E-state index is 12.3. The lowest BCUT2D eigenvalue weighted by Crippen LogP contribution is -2.48. The molecule has 1 aliphatic rings. The molecule has 0 saturated carbocycles. The summed E-state index contributed by atoms with van der Waals surface area (Å²) < 4.78 is 0. The van der Waals surface area contributed by atoms with Crippen LogP contribution in [0.4, 0.5) is 0 Å². The number of aliphatic carboxylic acids is 1. The molecule has 2 rings (SSSR count). The SMILES string of the molecule is CC1(C(=O)O)CCCN(C(=O)c2ccccc2O)C1. The monoisotopic (exact) mass is 263 g/mol. The quantitative estimate of drug-likeness (QED) is 0.851. The van der Waals surface area contributed by atoms with Gasteiger partial charge < -0.3 is 15.1 Å². The fourth-order valence-corrected chi connectivity index (χ4v) is 2.41. The number of hydrogen-bond donors (Lipinski definition) is 2. The number of carboxylic acid groups (broad SMARTS) is 1. The molecule has 1 amide bonds. The van der Waals surface area contributed by atoms with Gasteiger partial charge in [-0.25, -0.2) is 0 Å². The third-order valence-electron chi connectivity index (χ3n) is 3.63. The third-order valence-corrected chi connectivity index (χ3v) is 3.63. The second-order valence-electron chi connectivity index (χ2n) is 5.21. The van der Waals surface area contributed by atoms with Crippen LogP contribution in [0.3, 0.4) is 0 Å². The number of amides is 1. The lowest BCUT2D eigenvalue weighted by atomic mass is 9.82. The largest absolute Gasteiger partial charge is 0.507 e. The van der Waals surface area contributed by atoms with Crippen LogP contribution in [0.25, 0.3) is 0 Å². The fraction of sp³-hybridized carbons (Fsp3) is 0.429. The van der Waals surface area contributed by atoms with Crippen LogP contribution in [0.5, 0.6) is 5.75 Å². The Kier molecular flexibility index (Phi) is 3.46. The number of hydrogen-bond acceptors (Lipinski definition) is 3. The van der Waals surface area contributed by atoms with Crippen molar-refractivity contribution in [2.45, 2.75) is 19.8 Å². The minimum Gasteiger partial charge on any atom is -0.507 e. The zero-order chi connectivity index (χ0) is 14.0. The molecule has 19 heavy (non-hydrogen) atoms. The summed E-state index contributed by atoms with van der Waals surface area (Å²) >= 11 is 0. The van der Waals surface area contributed by atoms with E-state index in [0.29, 0.717) is 19.4 Å². The number of phenolic OH excluding ortho intramolecular Hbond substituents is 1. The van der Waals surface area contributed by atoms with Crippen LogP contribution < -0.4 is 0 Å². The molecule has 0 spiro atoms. The van der Waals surface area contributed by atoms with Crippen LogP contribution in [-0.4, -0.2) is 40.1 Å². The van der Waals surface area contributed by atoms with Crippen molar-refractivity contribution in [3.8, 4) is 5.75 Å². The molecule has 1 fully saturated rings. The van der Waals surface area contributed by atoms with E-state index in [1.165, 1.54) is 11.0 Å². The molecule has 1 unspecified atom stereocenters. The Morgan fingerprint density at radius 3 is 2.63 bits per heavy atom. The summed E-state index contributed by atoms with van der Waals surface area (Å²) in [7, 11) is 0. The smallest absolute Gasteiger partial charge is 0.311 e. The van der Waals surface area contributed by atoms with Crippen molar-refractivity contribution in [1.82, 2.24) is 4.90 Å². The van der Waals surface area contributed by atoms with Gasteiger partial charge in [0.2, 0.25) is 0 Å². The second kappa shape index (κ2) is 4.91. The van der Waals surface area contributed by atoms with Gasteiger partial charge in [-0.15, -0.1) is 0 Å². The highest BCUT2D eigenvalue weighted by Gasteiger charge is 2.39. The number of phenols is 1. The first-order chi connectivity index (χ1) is 8.94. The van der Waals surface area contributed by atoms with E-state index in [4.69, 9.17) is 0 Å². The highest BCUT2D eigenvalue weighted by molar-refractivity contribution is 5.97. The van der Waals surface area contributed by atoms with Crippen LogP contribution in [0.15, 0.2) is 24.3 Å². The number of rotatable bonds is 2. The zero-order valence-electron chi connectivity index (χ0n) is 10.8. The molecule has 0 aromatic heterocycles. The lowest BCUT2D eigenvalue weighted by molar-refractivity contribution is -0.150. The minimum absolute atomic E-state index is 0.0740. The fourth-order valence-electron chi connectivity index (χ4n) is 2.41. The van der Waals surface area contributed by atoms with Crippen molar-refractivity contribution in [1.29, 1.82) is 0 Å². The molecule has 0 bridgehead atoms. The Bertz CT molecular complexity index is 514. The van der Waals surface area contributed by atoms with Crippen molar-refractivity contribution < 1.29 is 19.8 Å². The molecule has 1 aromatic rings. The van der Waals surface area contributed by atoms with Crippen molar-refractivity contribution in [3.05, 3.63) is 29.8 Å². The Morgan fingerprint density at radius 2 is 2.00 bits per heavy atom. The van der Waals surface area contributed by atoms with Crippen LogP contribution >= 0.6 is 0 Å². The van der Waals surface area contributed by atoms with Crippen LogP contribution in [-0.2, 0) is 4.79 Å². The predicted octanol–water partition coefficient (Wildman–Crippen LogP) is 1.72. The van der Waals surface area contributed by atoms with E-state index in [2.05, 4.69) is 0 Å². The van der Waals surface area contributed by atoms with Crippen LogP contribution in [0.1, 0.15) is 30.1 Å². The number of benzene rings is 1. The van der Waals surface area contributed by atoms with E-state index >= 15 is 0 Å². The van der Waals surface area contributed by atoms with Gasteiger partial charge >= 0.3 is 5.97 Å². The Hall–Kier alpha value is -2.04. The number of piperidine rings is 1.